The molecule has 1 aromatic rings. The molecule has 0 bridgehead atoms. The zero-order chi connectivity index (χ0) is 14.8. The van der Waals surface area contributed by atoms with Crippen LogP contribution in [0.3, 0.4) is 0 Å². The third-order valence-corrected chi connectivity index (χ3v) is 5.40. The summed E-state index contributed by atoms with van der Waals surface area (Å²) in [5, 5.41) is 2.83. The summed E-state index contributed by atoms with van der Waals surface area (Å²) in [6.45, 7) is 3.29. The van der Waals surface area contributed by atoms with Gasteiger partial charge >= 0.3 is 0 Å². The Kier molecular flexibility index (Phi) is 5.00. The minimum Gasteiger partial charge on any atom is -0.377 e. The lowest BCUT2D eigenvalue weighted by atomic mass is 10.4. The van der Waals surface area contributed by atoms with Crippen LogP contribution in [0.1, 0.15) is 13.3 Å². The van der Waals surface area contributed by atoms with Gasteiger partial charge in [-0.25, -0.2) is 13.4 Å². The second-order valence-corrected chi connectivity index (χ2v) is 7.47. The fraction of sp³-hybridized carbons (Fsp3) is 0.583. The topological polar surface area (TPSA) is 71.5 Å². The van der Waals surface area contributed by atoms with Crippen molar-refractivity contribution < 1.29 is 13.2 Å². The second-order valence-electron chi connectivity index (χ2n) is 4.65. The summed E-state index contributed by atoms with van der Waals surface area (Å²) >= 11 is 3.27. The number of hydrogen-bond acceptors (Lipinski definition) is 5. The zero-order valence-corrected chi connectivity index (χ0v) is 13.9. The van der Waals surface area contributed by atoms with Gasteiger partial charge in [-0.15, -0.1) is 0 Å². The first kappa shape index (κ1) is 15.7. The molecule has 20 heavy (non-hydrogen) atoms. The Morgan fingerprint density at radius 3 is 3.00 bits per heavy atom. The number of sulfonamides is 1. The molecule has 1 N–H and O–H groups in total. The molecule has 1 aliphatic heterocycles. The first-order valence-corrected chi connectivity index (χ1v) is 8.63. The molecular formula is C12H18BrN3O3S. The lowest BCUT2D eigenvalue weighted by molar-refractivity contribution is 0.0752. The summed E-state index contributed by atoms with van der Waals surface area (Å²) in [7, 11) is -1.93. The van der Waals surface area contributed by atoms with Crippen molar-refractivity contribution in [2.75, 3.05) is 32.1 Å². The van der Waals surface area contributed by atoms with Crippen LogP contribution in [-0.2, 0) is 14.8 Å². The van der Waals surface area contributed by atoms with Gasteiger partial charge in [-0.3, -0.25) is 0 Å². The average Bonchev–Trinajstić information content (AvgIpc) is 2.64. The van der Waals surface area contributed by atoms with E-state index < -0.39 is 10.0 Å². The largest absolute Gasteiger partial charge is 0.377 e. The third kappa shape index (κ3) is 3.30. The van der Waals surface area contributed by atoms with Gasteiger partial charge in [-0.1, -0.05) is 0 Å². The molecule has 1 saturated heterocycles. The molecule has 0 spiro atoms. The molecule has 8 heteroatoms. The molecule has 1 aliphatic rings. The van der Waals surface area contributed by atoms with E-state index in [2.05, 4.69) is 26.2 Å². The normalized spacial score (nSPS) is 21.4. The van der Waals surface area contributed by atoms with E-state index in [-0.39, 0.29) is 11.0 Å². The van der Waals surface area contributed by atoms with Crippen molar-refractivity contribution in [1.82, 2.24) is 9.29 Å². The molecule has 0 aliphatic carbocycles. The molecule has 112 valence electrons. The van der Waals surface area contributed by atoms with E-state index in [1.54, 1.807) is 19.3 Å². The summed E-state index contributed by atoms with van der Waals surface area (Å²) in [5.41, 5.74) is 0. The number of ether oxygens (including phenoxy) is 1. The van der Waals surface area contributed by atoms with E-state index in [9.17, 15) is 8.42 Å². The Labute approximate surface area is 127 Å². The van der Waals surface area contributed by atoms with E-state index >= 15 is 0 Å². The molecule has 1 unspecified atom stereocenters. The second kappa shape index (κ2) is 6.38. The molecule has 0 radical (unpaired) electrons. The van der Waals surface area contributed by atoms with Gasteiger partial charge in [0, 0.05) is 37.4 Å². The van der Waals surface area contributed by atoms with E-state index in [4.69, 9.17) is 4.74 Å². The smallest absolute Gasteiger partial charge is 0.246 e. The van der Waals surface area contributed by atoms with Crippen LogP contribution in [-0.4, -0.2) is 50.6 Å². The fourth-order valence-electron chi connectivity index (χ4n) is 2.12. The maximum absolute atomic E-state index is 12.8. The molecule has 2 heterocycles. The van der Waals surface area contributed by atoms with Crippen LogP contribution in [0.4, 0.5) is 5.82 Å². The Morgan fingerprint density at radius 1 is 1.55 bits per heavy atom. The molecule has 0 amide bonds. The molecule has 6 nitrogen and oxygen atoms in total. The van der Waals surface area contributed by atoms with Gasteiger partial charge < -0.3 is 10.1 Å². The van der Waals surface area contributed by atoms with E-state index in [1.165, 1.54) is 4.31 Å². The van der Waals surface area contributed by atoms with Gasteiger partial charge in [0.25, 0.3) is 0 Å². The number of nitrogens with zero attached hydrogens (tertiary/aromatic N) is 2. The van der Waals surface area contributed by atoms with Gasteiger partial charge in [0.15, 0.2) is 0 Å². The molecule has 0 saturated carbocycles. The third-order valence-electron chi connectivity index (χ3n) is 3.09. The molecule has 1 aromatic heterocycles. The summed E-state index contributed by atoms with van der Waals surface area (Å²) < 4.78 is 33.2. The number of halogens is 1. The van der Waals surface area contributed by atoms with Crippen molar-refractivity contribution in [2.45, 2.75) is 24.3 Å². The molecule has 0 aromatic carbocycles. The van der Waals surface area contributed by atoms with Gasteiger partial charge in [0.05, 0.1) is 6.10 Å². The number of pyridine rings is 1. The number of aromatic nitrogens is 1. The van der Waals surface area contributed by atoms with Crippen LogP contribution >= 0.6 is 15.9 Å². The van der Waals surface area contributed by atoms with Crippen LogP contribution in [0.2, 0.25) is 0 Å². The monoisotopic (exact) mass is 363 g/mol. The number of nitrogens with one attached hydrogen (secondary N) is 1. The van der Waals surface area contributed by atoms with Crippen LogP contribution in [0.15, 0.2) is 21.6 Å². The predicted molar refractivity (Wildman–Crippen MR) is 80.3 cm³/mol. The quantitative estimate of drug-likeness (QED) is 0.884. The maximum atomic E-state index is 12.8. The van der Waals surface area contributed by atoms with Crippen molar-refractivity contribution >= 4 is 31.8 Å². The van der Waals surface area contributed by atoms with E-state index in [0.717, 1.165) is 0 Å². The summed E-state index contributed by atoms with van der Waals surface area (Å²) in [6, 6.07) is 1.57. The Bertz CT molecular complexity index is 579. The van der Waals surface area contributed by atoms with Crippen molar-refractivity contribution in [3.05, 3.63) is 16.7 Å². The van der Waals surface area contributed by atoms with Gasteiger partial charge in [0.1, 0.15) is 10.7 Å². The molecule has 1 atom stereocenters. The minimum absolute atomic E-state index is 0.106. The Hall–Kier alpha value is -0.700. The van der Waals surface area contributed by atoms with Gasteiger partial charge in [-0.05, 0) is 35.3 Å². The highest BCUT2D eigenvalue weighted by Crippen LogP contribution is 2.26. The highest BCUT2D eigenvalue weighted by Gasteiger charge is 2.30. The van der Waals surface area contributed by atoms with Gasteiger partial charge in [0.2, 0.25) is 10.0 Å². The number of rotatable bonds is 3. The highest BCUT2D eigenvalue weighted by atomic mass is 79.9. The first-order valence-electron chi connectivity index (χ1n) is 6.40. The SMILES string of the molecule is CNc1ncc(Br)cc1S(=O)(=O)N1CCCOC(C)C1. The van der Waals surface area contributed by atoms with Gasteiger partial charge in [-0.2, -0.15) is 4.31 Å². The van der Waals surface area contributed by atoms with Crippen molar-refractivity contribution in [3.63, 3.8) is 0 Å². The number of hydrogen-bond donors (Lipinski definition) is 1. The summed E-state index contributed by atoms with van der Waals surface area (Å²) in [6.07, 6.45) is 2.16. The fourth-order valence-corrected chi connectivity index (χ4v) is 4.33. The Balaban J connectivity index is 2.41. The van der Waals surface area contributed by atoms with Crippen LogP contribution < -0.4 is 5.32 Å². The lowest BCUT2D eigenvalue weighted by Gasteiger charge is -2.22. The zero-order valence-electron chi connectivity index (χ0n) is 11.5. The summed E-state index contributed by atoms with van der Waals surface area (Å²) in [4.78, 5) is 4.29. The predicted octanol–water partition coefficient (Wildman–Crippen LogP) is 1.69. The van der Waals surface area contributed by atoms with Crippen molar-refractivity contribution in [1.29, 1.82) is 0 Å². The van der Waals surface area contributed by atoms with E-state index in [1.807, 2.05) is 6.92 Å². The van der Waals surface area contributed by atoms with Crippen LogP contribution in [0, 0.1) is 0 Å². The van der Waals surface area contributed by atoms with E-state index in [0.29, 0.717) is 36.4 Å². The maximum Gasteiger partial charge on any atom is 0.246 e. The van der Waals surface area contributed by atoms with Crippen molar-refractivity contribution in [2.24, 2.45) is 0 Å². The van der Waals surface area contributed by atoms with Crippen molar-refractivity contribution in [3.8, 4) is 0 Å². The molecule has 1 fully saturated rings. The lowest BCUT2D eigenvalue weighted by Crippen LogP contribution is -2.36. The standard InChI is InChI=1S/C12H18BrN3O3S/c1-9-8-16(4-3-5-19-9)20(17,18)11-6-10(13)7-15-12(11)14-2/h6-7,9H,3-5,8H2,1-2H3,(H,14,15). The average molecular weight is 364 g/mol. The molecule has 2 rings (SSSR count). The molecular weight excluding hydrogens is 346 g/mol. The highest BCUT2D eigenvalue weighted by molar-refractivity contribution is 9.10. The minimum atomic E-state index is -3.59. The Morgan fingerprint density at radius 2 is 2.30 bits per heavy atom. The van der Waals surface area contributed by atoms with Crippen LogP contribution in [0.25, 0.3) is 0 Å². The van der Waals surface area contributed by atoms with Crippen LogP contribution in [0.5, 0.6) is 0 Å². The first-order chi connectivity index (χ1) is 9.45. The number of anilines is 1. The summed E-state index contributed by atoms with van der Waals surface area (Å²) in [5.74, 6) is 0.353.